The Bertz CT molecular complexity index is 875. The van der Waals surface area contributed by atoms with Crippen LogP contribution in [0.25, 0.3) is 10.9 Å². The molecule has 3 N–H and O–H groups in total. The van der Waals surface area contributed by atoms with Gasteiger partial charge in [0.15, 0.2) is 5.75 Å². The van der Waals surface area contributed by atoms with Crippen molar-refractivity contribution in [1.82, 2.24) is 4.98 Å². The van der Waals surface area contributed by atoms with Crippen LogP contribution in [0.5, 0.6) is 5.75 Å². The van der Waals surface area contributed by atoms with Crippen LogP contribution < -0.4 is 5.32 Å². The molecule has 0 fully saturated rings. The molecule has 4 heteroatoms. The third-order valence-corrected chi connectivity index (χ3v) is 4.13. The fourth-order valence-electron chi connectivity index (χ4n) is 2.93. The molecule has 4 rings (SSSR count). The van der Waals surface area contributed by atoms with Gasteiger partial charge >= 0.3 is 0 Å². The van der Waals surface area contributed by atoms with Gasteiger partial charge in [-0.2, -0.15) is 0 Å². The molecule has 0 bridgehead atoms. The number of benzene rings is 2. The molecule has 4 nitrogen and oxygen atoms in total. The Morgan fingerprint density at radius 3 is 2.86 bits per heavy atom. The normalized spacial score (nSPS) is 13.7. The number of aromatic nitrogens is 1. The van der Waals surface area contributed by atoms with Crippen LogP contribution in [0.4, 0.5) is 11.4 Å². The van der Waals surface area contributed by atoms with Gasteiger partial charge in [-0.1, -0.05) is 29.8 Å². The Balaban J connectivity index is 1.79. The van der Waals surface area contributed by atoms with E-state index in [1.807, 2.05) is 36.5 Å². The number of hydrogen-bond acceptors (Lipinski definition) is 3. The van der Waals surface area contributed by atoms with Crippen molar-refractivity contribution in [2.45, 2.75) is 13.3 Å². The third kappa shape index (κ3) is 2.04. The van der Waals surface area contributed by atoms with E-state index in [0.717, 1.165) is 35.1 Å². The van der Waals surface area contributed by atoms with Crippen molar-refractivity contribution in [3.8, 4) is 5.75 Å². The molecule has 0 spiro atoms. The molecule has 1 aliphatic rings. The number of aromatic hydroxyl groups is 1. The van der Waals surface area contributed by atoms with Crippen LogP contribution in [0.1, 0.15) is 16.7 Å². The van der Waals surface area contributed by atoms with Crippen molar-refractivity contribution in [2.75, 3.05) is 11.9 Å². The summed E-state index contributed by atoms with van der Waals surface area (Å²) in [5.41, 5.74) is 5.84. The van der Waals surface area contributed by atoms with Crippen molar-refractivity contribution in [2.24, 2.45) is 4.99 Å². The zero-order valence-electron chi connectivity index (χ0n) is 12.4. The molecular formula is C18H17N3O. The van der Waals surface area contributed by atoms with E-state index < -0.39 is 0 Å². The Morgan fingerprint density at radius 1 is 1.23 bits per heavy atom. The number of aliphatic imine (C=N–C) groups is 1. The van der Waals surface area contributed by atoms with Gasteiger partial charge in [-0.25, -0.2) is 0 Å². The monoisotopic (exact) mass is 291 g/mol. The molecule has 0 radical (unpaired) electrons. The van der Waals surface area contributed by atoms with Gasteiger partial charge in [-0.05, 0) is 30.5 Å². The lowest BCUT2D eigenvalue weighted by Crippen LogP contribution is -2.09. The van der Waals surface area contributed by atoms with E-state index in [1.165, 1.54) is 11.1 Å². The number of nitrogens with zero attached hydrogens (tertiary/aromatic N) is 1. The van der Waals surface area contributed by atoms with Crippen molar-refractivity contribution >= 4 is 28.5 Å². The van der Waals surface area contributed by atoms with Crippen LogP contribution >= 0.6 is 0 Å². The number of phenolic OH excluding ortho intramolecular Hbond substituents is 1. The molecule has 3 aromatic rings. The second kappa shape index (κ2) is 4.91. The number of nitrogens with one attached hydrogen (secondary N) is 2. The summed E-state index contributed by atoms with van der Waals surface area (Å²) in [4.78, 5) is 7.63. The smallest absolute Gasteiger partial charge is 0.165 e. The first-order valence-corrected chi connectivity index (χ1v) is 7.43. The van der Waals surface area contributed by atoms with Crippen LogP contribution in [0.2, 0.25) is 0 Å². The van der Waals surface area contributed by atoms with E-state index in [1.54, 1.807) is 6.21 Å². The highest BCUT2D eigenvalue weighted by atomic mass is 16.3. The Labute approximate surface area is 128 Å². The van der Waals surface area contributed by atoms with E-state index in [0.29, 0.717) is 5.69 Å². The molecule has 2 aromatic carbocycles. The van der Waals surface area contributed by atoms with Gasteiger partial charge in [0, 0.05) is 30.0 Å². The van der Waals surface area contributed by atoms with Crippen LogP contribution in [0.15, 0.2) is 41.5 Å². The lowest BCUT2D eigenvalue weighted by Gasteiger charge is -2.16. The van der Waals surface area contributed by atoms with Gasteiger partial charge in [-0.15, -0.1) is 0 Å². The summed E-state index contributed by atoms with van der Waals surface area (Å²) in [6, 6.07) is 10.0. The summed E-state index contributed by atoms with van der Waals surface area (Å²) in [6.45, 7) is 2.96. The standard InChI is InChI=1S/C18H17N3O/c1-11-2-4-12(5-3-11)9-20-15-8-14-16-13(6-7-19-14)10-21-17(16)18(15)22/h2-5,8-10,19,21-22H,6-7H2,1H3. The van der Waals surface area contributed by atoms with Crippen molar-refractivity contribution in [3.05, 3.63) is 53.2 Å². The zero-order valence-corrected chi connectivity index (χ0v) is 12.4. The van der Waals surface area contributed by atoms with Crippen molar-refractivity contribution < 1.29 is 5.11 Å². The molecular weight excluding hydrogens is 274 g/mol. The summed E-state index contributed by atoms with van der Waals surface area (Å²) < 4.78 is 0. The molecule has 0 saturated carbocycles. The molecule has 0 saturated heterocycles. The van der Waals surface area contributed by atoms with Gasteiger partial charge in [0.25, 0.3) is 0 Å². The highest BCUT2D eigenvalue weighted by molar-refractivity contribution is 6.03. The molecule has 1 aliphatic heterocycles. The Morgan fingerprint density at radius 2 is 2.05 bits per heavy atom. The second-order valence-corrected chi connectivity index (χ2v) is 5.70. The molecule has 110 valence electrons. The minimum atomic E-state index is 0.206. The maximum absolute atomic E-state index is 10.5. The second-order valence-electron chi connectivity index (χ2n) is 5.70. The number of phenols is 1. The topological polar surface area (TPSA) is 60.4 Å². The predicted octanol–water partition coefficient (Wildman–Crippen LogP) is 3.90. The van der Waals surface area contributed by atoms with Crippen LogP contribution in [-0.2, 0) is 6.42 Å². The van der Waals surface area contributed by atoms with Gasteiger partial charge in [0.2, 0.25) is 0 Å². The summed E-state index contributed by atoms with van der Waals surface area (Å²) in [5, 5.41) is 14.9. The van der Waals surface area contributed by atoms with Crippen molar-refractivity contribution in [3.63, 3.8) is 0 Å². The van der Waals surface area contributed by atoms with Crippen LogP contribution in [0, 0.1) is 6.92 Å². The van der Waals surface area contributed by atoms with Crippen LogP contribution in [-0.4, -0.2) is 22.8 Å². The Kier molecular flexibility index (Phi) is 2.89. The fraction of sp³-hybridized carbons (Fsp3) is 0.167. The fourth-order valence-corrected chi connectivity index (χ4v) is 2.93. The van der Waals surface area contributed by atoms with E-state index in [4.69, 9.17) is 0 Å². The molecule has 0 atom stereocenters. The molecule has 0 amide bonds. The summed E-state index contributed by atoms with van der Waals surface area (Å²) in [7, 11) is 0. The van der Waals surface area contributed by atoms with E-state index >= 15 is 0 Å². The number of rotatable bonds is 2. The third-order valence-electron chi connectivity index (χ3n) is 4.13. The van der Waals surface area contributed by atoms with E-state index in [2.05, 4.69) is 22.2 Å². The average Bonchev–Trinajstić information content (AvgIpc) is 2.97. The molecule has 2 heterocycles. The predicted molar refractivity (Wildman–Crippen MR) is 90.6 cm³/mol. The minimum absolute atomic E-state index is 0.206. The largest absolute Gasteiger partial charge is 0.504 e. The first-order chi connectivity index (χ1) is 10.7. The Hall–Kier alpha value is -2.75. The first kappa shape index (κ1) is 13.0. The molecule has 22 heavy (non-hydrogen) atoms. The summed E-state index contributed by atoms with van der Waals surface area (Å²) in [6.07, 6.45) is 4.72. The average molecular weight is 291 g/mol. The SMILES string of the molecule is Cc1ccc(C=Nc2cc3c4c(c[nH]c4c2O)CCN3)cc1. The molecule has 1 aromatic heterocycles. The maximum Gasteiger partial charge on any atom is 0.165 e. The number of anilines is 1. The van der Waals surface area contributed by atoms with E-state index in [9.17, 15) is 5.11 Å². The maximum atomic E-state index is 10.5. The quantitative estimate of drug-likeness (QED) is 0.495. The van der Waals surface area contributed by atoms with Gasteiger partial charge in [0.05, 0.1) is 5.52 Å². The molecule has 0 unspecified atom stereocenters. The first-order valence-electron chi connectivity index (χ1n) is 7.43. The van der Waals surface area contributed by atoms with Crippen molar-refractivity contribution in [1.29, 1.82) is 0 Å². The number of aryl methyl sites for hydroxylation is 1. The minimum Gasteiger partial charge on any atom is -0.504 e. The number of aromatic amines is 1. The lowest BCUT2D eigenvalue weighted by atomic mass is 10.0. The molecule has 0 aliphatic carbocycles. The number of hydrogen-bond donors (Lipinski definition) is 3. The number of H-pyrrole nitrogens is 1. The van der Waals surface area contributed by atoms with Gasteiger partial charge < -0.3 is 15.4 Å². The summed E-state index contributed by atoms with van der Waals surface area (Å²) in [5.74, 6) is 0.206. The summed E-state index contributed by atoms with van der Waals surface area (Å²) >= 11 is 0. The van der Waals surface area contributed by atoms with Gasteiger partial charge in [-0.3, -0.25) is 4.99 Å². The van der Waals surface area contributed by atoms with Gasteiger partial charge in [0.1, 0.15) is 5.69 Å². The highest BCUT2D eigenvalue weighted by Gasteiger charge is 2.18. The zero-order chi connectivity index (χ0) is 15.1. The van der Waals surface area contributed by atoms with E-state index in [-0.39, 0.29) is 5.75 Å². The lowest BCUT2D eigenvalue weighted by molar-refractivity contribution is 0.482. The van der Waals surface area contributed by atoms with Crippen LogP contribution in [0.3, 0.4) is 0 Å². The highest BCUT2D eigenvalue weighted by Crippen LogP contribution is 2.42.